The highest BCUT2D eigenvalue weighted by Gasteiger charge is 2.76. The summed E-state index contributed by atoms with van der Waals surface area (Å²) in [4.78, 5) is 39.3. The standard InChI is InChI=1S/C60H102N4O6/c1-3-40-60-59(2,61(41-67-53-32-24-49(25-33-53)45-16-8-4-9-17-45)57(65)63(60)43-69-55-36-28-51(29-37-55)47-20-12-6-13-21-47)62(42-68-54-34-26-50(27-35-54)46-18-10-5-11-19-46)58(66)64(60)44-70-56-38-30-52(31-39-56)48-22-14-7-15-23-48/h45-56H,3-44H2,1-2H3. The van der Waals surface area contributed by atoms with E-state index in [0.717, 1.165) is 105 Å². The number of rotatable bonds is 18. The van der Waals surface area contributed by atoms with Crippen molar-refractivity contribution in [2.24, 2.45) is 47.3 Å². The number of urea groups is 2. The second-order valence-electron chi connectivity index (χ2n) is 25.8. The maximum Gasteiger partial charge on any atom is 0.327 e. The normalized spacial score (nSPS) is 38.2. The fourth-order valence-electron chi connectivity index (χ4n) is 17.8. The van der Waals surface area contributed by atoms with Gasteiger partial charge in [-0.05, 0) is 163 Å². The van der Waals surface area contributed by atoms with Gasteiger partial charge in [0.1, 0.15) is 26.9 Å². The summed E-state index contributed by atoms with van der Waals surface area (Å²) in [5.74, 6) is 6.73. The van der Waals surface area contributed by atoms with Crippen molar-refractivity contribution in [2.45, 2.75) is 294 Å². The lowest BCUT2D eigenvalue weighted by Gasteiger charge is -2.48. The van der Waals surface area contributed by atoms with Crippen molar-refractivity contribution in [3.63, 3.8) is 0 Å². The number of carbonyl (C=O) groups is 2. The molecule has 8 aliphatic carbocycles. The molecule has 0 aromatic carbocycles. The molecule has 0 aromatic rings. The highest BCUT2D eigenvalue weighted by molar-refractivity contribution is 5.88. The van der Waals surface area contributed by atoms with E-state index in [1.54, 1.807) is 0 Å². The molecule has 10 aliphatic rings. The fraction of sp³-hybridized carbons (Fsp3) is 0.967. The van der Waals surface area contributed by atoms with E-state index in [2.05, 4.69) is 13.8 Å². The van der Waals surface area contributed by atoms with E-state index in [-0.39, 0.29) is 63.4 Å². The summed E-state index contributed by atoms with van der Waals surface area (Å²) in [5, 5.41) is 0. The van der Waals surface area contributed by atoms with Gasteiger partial charge in [0.15, 0.2) is 11.3 Å². The van der Waals surface area contributed by atoms with Crippen molar-refractivity contribution < 1.29 is 28.5 Å². The number of fused-ring (bicyclic) bond motifs is 1. The molecule has 0 spiro atoms. The Bertz CT molecular complexity index is 1500. The quantitative estimate of drug-likeness (QED) is 0.136. The molecule has 0 bridgehead atoms. The monoisotopic (exact) mass is 975 g/mol. The van der Waals surface area contributed by atoms with Crippen LogP contribution in [0, 0.1) is 47.3 Å². The molecular formula is C60H102N4O6. The van der Waals surface area contributed by atoms with Gasteiger partial charge < -0.3 is 18.9 Å². The number of nitrogens with zero attached hydrogens (tertiary/aromatic N) is 4. The first-order chi connectivity index (χ1) is 34.4. The minimum atomic E-state index is -1.06. The Morgan fingerprint density at radius 2 is 0.571 bits per heavy atom. The molecule has 10 rings (SSSR count). The summed E-state index contributed by atoms with van der Waals surface area (Å²) in [6, 6.07) is -0.155. The third-order valence-electron chi connectivity index (χ3n) is 22.1. The van der Waals surface area contributed by atoms with E-state index in [9.17, 15) is 0 Å². The minimum absolute atomic E-state index is 0.0776. The molecule has 0 N–H and O–H groups in total. The summed E-state index contributed by atoms with van der Waals surface area (Å²) in [6.45, 7) is 5.07. The van der Waals surface area contributed by atoms with Gasteiger partial charge in [0.25, 0.3) is 0 Å². The molecule has 10 heteroatoms. The number of amides is 4. The van der Waals surface area contributed by atoms with Gasteiger partial charge in [-0.15, -0.1) is 0 Å². The van der Waals surface area contributed by atoms with E-state index >= 15 is 9.59 Å². The van der Waals surface area contributed by atoms with Crippen LogP contribution >= 0.6 is 0 Å². The van der Waals surface area contributed by atoms with Gasteiger partial charge in [0, 0.05) is 0 Å². The lowest BCUT2D eigenvalue weighted by Crippen LogP contribution is -2.67. The molecule has 2 heterocycles. The molecule has 2 aliphatic heterocycles. The zero-order chi connectivity index (χ0) is 47.9. The van der Waals surface area contributed by atoms with Crippen LogP contribution in [0.1, 0.15) is 258 Å². The second kappa shape index (κ2) is 24.4. The van der Waals surface area contributed by atoms with Crippen LogP contribution in [0.2, 0.25) is 0 Å². The van der Waals surface area contributed by atoms with Crippen LogP contribution < -0.4 is 0 Å². The van der Waals surface area contributed by atoms with Crippen molar-refractivity contribution in [1.82, 2.24) is 19.6 Å². The van der Waals surface area contributed by atoms with Crippen LogP contribution in [0.25, 0.3) is 0 Å². The molecular weight excluding hydrogens is 873 g/mol. The minimum Gasteiger partial charge on any atom is -0.358 e. The van der Waals surface area contributed by atoms with Crippen LogP contribution in [0.4, 0.5) is 9.59 Å². The summed E-state index contributed by atoms with van der Waals surface area (Å²) in [7, 11) is 0. The van der Waals surface area contributed by atoms with Gasteiger partial charge in [-0.2, -0.15) is 0 Å². The van der Waals surface area contributed by atoms with Gasteiger partial charge in [-0.3, -0.25) is 19.6 Å². The molecule has 70 heavy (non-hydrogen) atoms. The largest absolute Gasteiger partial charge is 0.358 e. The predicted octanol–water partition coefficient (Wildman–Crippen LogP) is 15.1. The summed E-state index contributed by atoms with van der Waals surface area (Å²) in [6.07, 6.45) is 48.0. The highest BCUT2D eigenvalue weighted by Crippen LogP contribution is 2.55. The van der Waals surface area contributed by atoms with Crippen molar-refractivity contribution in [3.8, 4) is 0 Å². The third-order valence-corrected chi connectivity index (χ3v) is 22.1. The van der Waals surface area contributed by atoms with Gasteiger partial charge >= 0.3 is 12.1 Å². The fourth-order valence-corrected chi connectivity index (χ4v) is 17.8. The van der Waals surface area contributed by atoms with Gasteiger partial charge in [0.2, 0.25) is 0 Å². The van der Waals surface area contributed by atoms with Crippen LogP contribution in [0.15, 0.2) is 0 Å². The summed E-state index contributed by atoms with van der Waals surface area (Å²) >= 11 is 0. The molecule has 8 saturated carbocycles. The van der Waals surface area contributed by atoms with Crippen LogP contribution in [-0.4, -0.2) is 94.3 Å². The smallest absolute Gasteiger partial charge is 0.327 e. The Morgan fingerprint density at radius 1 is 0.343 bits per heavy atom. The van der Waals surface area contributed by atoms with Gasteiger partial charge in [-0.1, -0.05) is 142 Å². The molecule has 0 atom stereocenters. The first-order valence-corrected chi connectivity index (χ1v) is 31.0. The molecule has 398 valence electrons. The number of ether oxygens (including phenoxy) is 4. The number of carbonyl (C=O) groups excluding carboxylic acids is 2. The van der Waals surface area contributed by atoms with E-state index in [4.69, 9.17) is 18.9 Å². The lowest BCUT2D eigenvalue weighted by atomic mass is 9.73. The maximum atomic E-state index is 15.7. The Hall–Kier alpha value is -1.62. The SMILES string of the molecule is CCCC12N(COC3CCC(C4CCCCC4)CC3)C(=O)N(COC3CCC(C4CCCCC4)CC3)C1(C)N(COC1CCC(C3CCCCC3)CC1)C(=O)N2COC1CCC(C2CCCCC2)CC1. The second-order valence-corrected chi connectivity index (χ2v) is 25.8. The number of hydrogen-bond acceptors (Lipinski definition) is 6. The van der Waals surface area contributed by atoms with Crippen molar-refractivity contribution in [1.29, 1.82) is 0 Å². The van der Waals surface area contributed by atoms with E-state index in [1.165, 1.54) is 180 Å². The Morgan fingerprint density at radius 3 is 0.814 bits per heavy atom. The molecule has 4 amide bonds. The molecule has 2 saturated heterocycles. The Kier molecular flexibility index (Phi) is 18.0. The molecule has 10 fully saturated rings. The van der Waals surface area contributed by atoms with Crippen LogP contribution in [0.3, 0.4) is 0 Å². The average Bonchev–Trinajstić information content (AvgIpc) is 3.71. The first kappa shape index (κ1) is 51.8. The molecule has 10 nitrogen and oxygen atoms in total. The van der Waals surface area contributed by atoms with Gasteiger partial charge in [0.05, 0.1) is 24.4 Å². The first-order valence-electron chi connectivity index (χ1n) is 31.0. The highest BCUT2D eigenvalue weighted by atomic mass is 16.5. The van der Waals surface area contributed by atoms with Crippen molar-refractivity contribution in [3.05, 3.63) is 0 Å². The van der Waals surface area contributed by atoms with E-state index < -0.39 is 11.3 Å². The lowest BCUT2D eigenvalue weighted by molar-refractivity contribution is -0.161. The number of hydrogen-bond donors (Lipinski definition) is 0. The Balaban J connectivity index is 0.888. The van der Waals surface area contributed by atoms with Crippen LogP contribution in [0.5, 0.6) is 0 Å². The van der Waals surface area contributed by atoms with E-state index in [0.29, 0.717) is 6.42 Å². The van der Waals surface area contributed by atoms with Crippen molar-refractivity contribution >= 4 is 12.1 Å². The van der Waals surface area contributed by atoms with Crippen molar-refractivity contribution in [2.75, 3.05) is 26.9 Å². The summed E-state index contributed by atoms with van der Waals surface area (Å²) < 4.78 is 28.0. The average molecular weight is 975 g/mol. The van der Waals surface area contributed by atoms with Gasteiger partial charge in [-0.25, -0.2) is 9.59 Å². The maximum absolute atomic E-state index is 15.7. The van der Waals surface area contributed by atoms with E-state index in [1.807, 2.05) is 19.6 Å². The molecule has 0 radical (unpaired) electrons. The zero-order valence-electron chi connectivity index (χ0n) is 44.9. The summed E-state index contributed by atoms with van der Waals surface area (Å²) in [5.41, 5.74) is -2.07. The molecule has 0 aromatic heterocycles. The molecule has 0 unspecified atom stereocenters. The topological polar surface area (TPSA) is 84.0 Å². The third kappa shape index (κ3) is 11.2. The zero-order valence-corrected chi connectivity index (χ0v) is 44.9. The Labute approximate surface area is 426 Å². The van der Waals surface area contributed by atoms with Crippen LogP contribution in [-0.2, 0) is 18.9 Å². The predicted molar refractivity (Wildman–Crippen MR) is 277 cm³/mol.